The molecule has 1 aromatic carbocycles. The molecule has 6 nitrogen and oxygen atoms in total. The Morgan fingerprint density at radius 1 is 1.31 bits per heavy atom. The third-order valence-corrected chi connectivity index (χ3v) is 7.18. The molecule has 1 unspecified atom stereocenters. The molecule has 0 spiro atoms. The van der Waals surface area contributed by atoms with Crippen LogP contribution in [0.15, 0.2) is 23.1 Å². The molecule has 1 fully saturated rings. The Morgan fingerprint density at radius 2 is 1.92 bits per heavy atom. The summed E-state index contributed by atoms with van der Waals surface area (Å²) in [5.41, 5.74) is 6.22. The largest absolute Gasteiger partial charge is 0.345 e. The van der Waals surface area contributed by atoms with E-state index in [-0.39, 0.29) is 22.8 Å². The van der Waals surface area contributed by atoms with E-state index in [9.17, 15) is 13.2 Å². The fraction of sp³-hybridized carbons (Fsp3) is 0.632. The summed E-state index contributed by atoms with van der Waals surface area (Å²) in [6, 6.07) is 4.77. The fourth-order valence-corrected chi connectivity index (χ4v) is 4.70. The third-order valence-electron chi connectivity index (χ3n) is 5.51. The van der Waals surface area contributed by atoms with Crippen LogP contribution in [0.25, 0.3) is 0 Å². The van der Waals surface area contributed by atoms with E-state index in [1.807, 2.05) is 20.8 Å². The van der Waals surface area contributed by atoms with E-state index in [4.69, 9.17) is 5.73 Å². The van der Waals surface area contributed by atoms with Gasteiger partial charge in [-0.1, -0.05) is 32.8 Å². The van der Waals surface area contributed by atoms with Crippen molar-refractivity contribution in [1.82, 2.24) is 10.0 Å². The molecule has 0 aliphatic heterocycles. The van der Waals surface area contributed by atoms with E-state index < -0.39 is 15.6 Å². The Hall–Kier alpha value is -1.44. The maximum atomic E-state index is 12.8. The van der Waals surface area contributed by atoms with Crippen LogP contribution in [0.1, 0.15) is 62.4 Å². The molecule has 4 N–H and O–H groups in total. The highest BCUT2D eigenvalue weighted by Gasteiger charge is 2.30. The van der Waals surface area contributed by atoms with Crippen molar-refractivity contribution in [2.45, 2.75) is 69.9 Å². The standard InChI is InChI=1S/C19H31N3O3S/c1-13(2)19(4,12-20)21-18(23)15-10-9-14(3)17(11-15)26(24,25)22-16-7-5-6-8-16/h9-11,13,16,22H,5-8,12,20H2,1-4H3,(H,21,23). The first-order chi connectivity index (χ1) is 12.1. The zero-order chi connectivity index (χ0) is 19.5. The van der Waals surface area contributed by atoms with E-state index in [0.29, 0.717) is 17.7 Å². The monoisotopic (exact) mass is 381 g/mol. The Labute approximate surface area is 157 Å². The second-order valence-electron chi connectivity index (χ2n) is 7.81. The van der Waals surface area contributed by atoms with Crippen molar-refractivity contribution >= 4 is 15.9 Å². The highest BCUT2D eigenvalue weighted by atomic mass is 32.2. The number of aryl methyl sites for hydroxylation is 1. The molecule has 0 bridgehead atoms. The van der Waals surface area contributed by atoms with Crippen molar-refractivity contribution < 1.29 is 13.2 Å². The van der Waals surface area contributed by atoms with E-state index in [1.54, 1.807) is 19.1 Å². The molecular formula is C19H31N3O3S. The van der Waals surface area contributed by atoms with Crippen LogP contribution in [-0.4, -0.2) is 32.5 Å². The topological polar surface area (TPSA) is 101 Å². The van der Waals surface area contributed by atoms with Crippen LogP contribution >= 0.6 is 0 Å². The lowest BCUT2D eigenvalue weighted by Crippen LogP contribution is -2.55. The second kappa shape index (κ2) is 8.06. The molecular weight excluding hydrogens is 350 g/mol. The van der Waals surface area contributed by atoms with Crippen LogP contribution in [0.2, 0.25) is 0 Å². The minimum absolute atomic E-state index is 0.0154. The number of nitrogens with two attached hydrogens (primary N) is 1. The van der Waals surface area contributed by atoms with Crippen LogP contribution in [-0.2, 0) is 10.0 Å². The van der Waals surface area contributed by atoms with Crippen LogP contribution in [0.5, 0.6) is 0 Å². The van der Waals surface area contributed by atoms with Gasteiger partial charge in [-0.3, -0.25) is 4.79 Å². The summed E-state index contributed by atoms with van der Waals surface area (Å²) in [6.45, 7) is 7.91. The van der Waals surface area contributed by atoms with Crippen molar-refractivity contribution in [3.63, 3.8) is 0 Å². The number of amides is 1. The smallest absolute Gasteiger partial charge is 0.251 e. The lowest BCUT2D eigenvalue weighted by Gasteiger charge is -2.33. The molecule has 0 radical (unpaired) electrons. The number of benzene rings is 1. The van der Waals surface area contributed by atoms with Gasteiger partial charge in [0.25, 0.3) is 5.91 Å². The van der Waals surface area contributed by atoms with Crippen molar-refractivity contribution in [2.75, 3.05) is 6.54 Å². The predicted octanol–water partition coefficient (Wildman–Crippen LogP) is 2.32. The first-order valence-electron chi connectivity index (χ1n) is 9.24. The number of nitrogens with one attached hydrogen (secondary N) is 2. The van der Waals surface area contributed by atoms with Gasteiger partial charge in [0.1, 0.15) is 0 Å². The summed E-state index contributed by atoms with van der Waals surface area (Å²) in [5, 5.41) is 2.95. The van der Waals surface area contributed by atoms with E-state index in [0.717, 1.165) is 25.7 Å². The van der Waals surface area contributed by atoms with Crippen molar-refractivity contribution in [3.05, 3.63) is 29.3 Å². The van der Waals surface area contributed by atoms with Gasteiger partial charge in [-0.25, -0.2) is 13.1 Å². The maximum Gasteiger partial charge on any atom is 0.251 e. The SMILES string of the molecule is Cc1ccc(C(=O)NC(C)(CN)C(C)C)cc1S(=O)(=O)NC1CCCC1. The Bertz CT molecular complexity index is 755. The lowest BCUT2D eigenvalue weighted by atomic mass is 9.88. The van der Waals surface area contributed by atoms with Crippen molar-refractivity contribution in [3.8, 4) is 0 Å². The van der Waals surface area contributed by atoms with Gasteiger partial charge in [-0.05, 0) is 50.3 Å². The van der Waals surface area contributed by atoms with Crippen molar-refractivity contribution in [1.29, 1.82) is 0 Å². The summed E-state index contributed by atoms with van der Waals surface area (Å²) in [5.74, 6) is -0.168. The molecule has 1 saturated carbocycles. The number of sulfonamides is 1. The maximum absolute atomic E-state index is 12.8. The molecule has 146 valence electrons. The number of hydrogen-bond donors (Lipinski definition) is 3. The van der Waals surface area contributed by atoms with E-state index in [2.05, 4.69) is 10.0 Å². The van der Waals surface area contributed by atoms with Gasteiger partial charge in [0, 0.05) is 18.2 Å². The van der Waals surface area contributed by atoms with E-state index in [1.165, 1.54) is 6.07 Å². The van der Waals surface area contributed by atoms with Gasteiger partial charge in [-0.15, -0.1) is 0 Å². The molecule has 1 aromatic rings. The second-order valence-corrected chi connectivity index (χ2v) is 9.50. The number of carbonyl (C=O) groups is 1. The molecule has 7 heteroatoms. The predicted molar refractivity (Wildman–Crippen MR) is 104 cm³/mol. The molecule has 26 heavy (non-hydrogen) atoms. The first-order valence-corrected chi connectivity index (χ1v) is 10.7. The van der Waals surface area contributed by atoms with Crippen molar-refractivity contribution in [2.24, 2.45) is 11.7 Å². The zero-order valence-corrected chi connectivity index (χ0v) is 16.9. The normalized spacial score (nSPS) is 18.1. The van der Waals surface area contributed by atoms with Crippen LogP contribution in [0.3, 0.4) is 0 Å². The molecule has 1 aliphatic carbocycles. The lowest BCUT2D eigenvalue weighted by molar-refractivity contribution is 0.0883. The summed E-state index contributed by atoms with van der Waals surface area (Å²) >= 11 is 0. The van der Waals surface area contributed by atoms with Crippen LogP contribution in [0.4, 0.5) is 0 Å². The molecule has 1 atom stereocenters. The number of carbonyl (C=O) groups excluding carboxylic acids is 1. The Balaban J connectivity index is 2.27. The average Bonchev–Trinajstić information content (AvgIpc) is 3.06. The van der Waals surface area contributed by atoms with Gasteiger partial charge >= 0.3 is 0 Å². The van der Waals surface area contributed by atoms with Gasteiger partial charge in [-0.2, -0.15) is 0 Å². The summed E-state index contributed by atoms with van der Waals surface area (Å²) in [6.07, 6.45) is 3.81. The summed E-state index contributed by atoms with van der Waals surface area (Å²) in [7, 11) is -3.65. The minimum atomic E-state index is -3.65. The average molecular weight is 382 g/mol. The number of hydrogen-bond acceptors (Lipinski definition) is 4. The van der Waals surface area contributed by atoms with Gasteiger partial charge in [0.2, 0.25) is 10.0 Å². The zero-order valence-electron chi connectivity index (χ0n) is 16.1. The third kappa shape index (κ3) is 4.64. The highest BCUT2D eigenvalue weighted by Crippen LogP contribution is 2.23. The molecule has 1 amide bonds. The van der Waals surface area contributed by atoms with E-state index >= 15 is 0 Å². The summed E-state index contributed by atoms with van der Waals surface area (Å²) < 4.78 is 28.3. The van der Waals surface area contributed by atoms with Gasteiger partial charge in [0.15, 0.2) is 0 Å². The molecule has 0 heterocycles. The van der Waals surface area contributed by atoms with Crippen LogP contribution in [0, 0.1) is 12.8 Å². The number of rotatable bonds is 7. The van der Waals surface area contributed by atoms with Gasteiger partial charge < -0.3 is 11.1 Å². The fourth-order valence-electron chi connectivity index (χ4n) is 3.12. The molecule has 0 aromatic heterocycles. The quantitative estimate of drug-likeness (QED) is 0.674. The minimum Gasteiger partial charge on any atom is -0.345 e. The Morgan fingerprint density at radius 3 is 2.46 bits per heavy atom. The summed E-state index contributed by atoms with van der Waals surface area (Å²) in [4.78, 5) is 12.8. The molecule has 2 rings (SSSR count). The highest BCUT2D eigenvalue weighted by molar-refractivity contribution is 7.89. The molecule has 1 aliphatic rings. The molecule has 0 saturated heterocycles. The Kier molecular flexibility index (Phi) is 6.47. The first kappa shape index (κ1) is 20.9. The van der Waals surface area contributed by atoms with Gasteiger partial charge in [0.05, 0.1) is 10.4 Å². The van der Waals surface area contributed by atoms with Crippen LogP contribution < -0.4 is 15.8 Å².